The van der Waals surface area contributed by atoms with Crippen LogP contribution >= 0.6 is 28.1 Å². The SMILES string of the molecule is COc1ccc(Br)c(C=NNC(N)=S)c1OC. The van der Waals surface area contributed by atoms with E-state index in [-0.39, 0.29) is 5.11 Å². The van der Waals surface area contributed by atoms with Crippen LogP contribution in [0, 0.1) is 0 Å². The summed E-state index contributed by atoms with van der Waals surface area (Å²) in [6.07, 6.45) is 1.55. The highest BCUT2D eigenvalue weighted by atomic mass is 79.9. The second-order valence-corrected chi connectivity index (χ2v) is 4.22. The topological polar surface area (TPSA) is 68.9 Å². The first kappa shape index (κ1) is 13.7. The van der Waals surface area contributed by atoms with E-state index >= 15 is 0 Å². The van der Waals surface area contributed by atoms with Gasteiger partial charge in [-0.1, -0.05) is 0 Å². The summed E-state index contributed by atoms with van der Waals surface area (Å²) < 4.78 is 11.3. The number of nitrogens with two attached hydrogens (primary N) is 1. The lowest BCUT2D eigenvalue weighted by molar-refractivity contribution is 0.354. The van der Waals surface area contributed by atoms with Crippen LogP contribution in [0.5, 0.6) is 11.5 Å². The van der Waals surface area contributed by atoms with Gasteiger partial charge in [0.15, 0.2) is 16.6 Å². The molecular formula is C10H12BrN3O2S. The van der Waals surface area contributed by atoms with E-state index in [4.69, 9.17) is 15.2 Å². The number of thiocarbonyl (C=S) groups is 1. The van der Waals surface area contributed by atoms with Crippen LogP contribution in [-0.2, 0) is 0 Å². The number of hydrazone groups is 1. The Balaban J connectivity index is 3.11. The normalized spacial score (nSPS) is 10.3. The molecule has 0 amide bonds. The van der Waals surface area contributed by atoms with Gasteiger partial charge in [-0.05, 0) is 40.3 Å². The molecule has 0 atom stereocenters. The van der Waals surface area contributed by atoms with Crippen molar-refractivity contribution in [2.45, 2.75) is 0 Å². The van der Waals surface area contributed by atoms with Crippen molar-refractivity contribution in [3.05, 3.63) is 22.2 Å². The quantitative estimate of drug-likeness (QED) is 0.502. The first-order valence-corrected chi connectivity index (χ1v) is 5.79. The van der Waals surface area contributed by atoms with Crippen LogP contribution in [0.1, 0.15) is 5.56 Å². The van der Waals surface area contributed by atoms with Crippen LogP contribution < -0.4 is 20.6 Å². The molecule has 0 radical (unpaired) electrons. The minimum Gasteiger partial charge on any atom is -0.493 e. The molecule has 17 heavy (non-hydrogen) atoms. The Kier molecular flexibility index (Phi) is 5.17. The molecule has 1 aromatic rings. The van der Waals surface area contributed by atoms with E-state index in [1.807, 2.05) is 6.07 Å². The molecular weight excluding hydrogens is 306 g/mol. The molecule has 0 saturated carbocycles. The summed E-state index contributed by atoms with van der Waals surface area (Å²) in [6.45, 7) is 0. The van der Waals surface area contributed by atoms with Crippen molar-refractivity contribution in [1.82, 2.24) is 5.43 Å². The Labute approximate surface area is 113 Å². The van der Waals surface area contributed by atoms with Crippen LogP contribution in [-0.4, -0.2) is 25.5 Å². The molecule has 0 saturated heterocycles. The van der Waals surface area contributed by atoms with Gasteiger partial charge in [-0.15, -0.1) is 0 Å². The molecule has 92 valence electrons. The van der Waals surface area contributed by atoms with Crippen molar-refractivity contribution >= 4 is 39.5 Å². The number of halogens is 1. The molecule has 7 heteroatoms. The minimum atomic E-state index is 0.0965. The molecule has 0 fully saturated rings. The molecule has 1 aromatic carbocycles. The maximum Gasteiger partial charge on any atom is 0.184 e. The predicted octanol–water partition coefficient (Wildman–Crippen LogP) is 1.63. The summed E-state index contributed by atoms with van der Waals surface area (Å²) in [5.74, 6) is 1.20. The molecule has 0 spiro atoms. The Bertz CT molecular complexity index is 451. The number of nitrogens with zero attached hydrogens (tertiary/aromatic N) is 1. The monoisotopic (exact) mass is 317 g/mol. The van der Waals surface area contributed by atoms with Gasteiger partial charge < -0.3 is 15.2 Å². The van der Waals surface area contributed by atoms with Gasteiger partial charge in [0.2, 0.25) is 0 Å². The molecule has 0 aliphatic carbocycles. The number of hydrogen-bond acceptors (Lipinski definition) is 4. The zero-order valence-corrected chi connectivity index (χ0v) is 11.8. The van der Waals surface area contributed by atoms with Gasteiger partial charge in [-0.3, -0.25) is 5.43 Å². The Hall–Kier alpha value is -1.34. The second-order valence-electron chi connectivity index (χ2n) is 2.93. The molecule has 0 unspecified atom stereocenters. The van der Waals surface area contributed by atoms with E-state index in [9.17, 15) is 0 Å². The van der Waals surface area contributed by atoms with Crippen LogP contribution in [0.15, 0.2) is 21.7 Å². The molecule has 3 N–H and O–H groups in total. The van der Waals surface area contributed by atoms with Crippen molar-refractivity contribution in [2.75, 3.05) is 14.2 Å². The lowest BCUT2D eigenvalue weighted by atomic mass is 10.2. The van der Waals surface area contributed by atoms with Gasteiger partial charge in [0.1, 0.15) is 0 Å². The first-order chi connectivity index (χ1) is 8.10. The third-order valence-corrected chi connectivity index (χ3v) is 2.68. The number of hydrogen-bond donors (Lipinski definition) is 2. The highest BCUT2D eigenvalue weighted by Crippen LogP contribution is 2.34. The van der Waals surface area contributed by atoms with Crippen LogP contribution in [0.4, 0.5) is 0 Å². The number of benzene rings is 1. The van der Waals surface area contributed by atoms with Crippen molar-refractivity contribution < 1.29 is 9.47 Å². The highest BCUT2D eigenvalue weighted by molar-refractivity contribution is 9.10. The molecule has 0 aromatic heterocycles. The molecule has 0 heterocycles. The summed E-state index contributed by atoms with van der Waals surface area (Å²) in [7, 11) is 3.13. The van der Waals surface area contributed by atoms with Crippen molar-refractivity contribution in [3.8, 4) is 11.5 Å². The van der Waals surface area contributed by atoms with E-state index in [1.54, 1.807) is 26.5 Å². The smallest absolute Gasteiger partial charge is 0.184 e. The van der Waals surface area contributed by atoms with Crippen LogP contribution in [0.2, 0.25) is 0 Å². The fraction of sp³-hybridized carbons (Fsp3) is 0.200. The van der Waals surface area contributed by atoms with E-state index in [1.165, 1.54) is 0 Å². The van der Waals surface area contributed by atoms with Crippen molar-refractivity contribution in [1.29, 1.82) is 0 Å². The summed E-state index contributed by atoms with van der Waals surface area (Å²) >= 11 is 8.04. The number of ether oxygens (including phenoxy) is 2. The summed E-state index contributed by atoms with van der Waals surface area (Å²) in [4.78, 5) is 0. The minimum absolute atomic E-state index is 0.0965. The van der Waals surface area contributed by atoms with Gasteiger partial charge in [-0.2, -0.15) is 5.10 Å². The van der Waals surface area contributed by atoms with Gasteiger partial charge in [0, 0.05) is 4.47 Å². The molecule has 0 bridgehead atoms. The molecule has 0 aliphatic heterocycles. The van der Waals surface area contributed by atoms with E-state index < -0.39 is 0 Å². The summed E-state index contributed by atoms with van der Waals surface area (Å²) in [5.41, 5.74) is 8.46. The zero-order chi connectivity index (χ0) is 12.8. The third kappa shape index (κ3) is 3.57. The zero-order valence-electron chi connectivity index (χ0n) is 9.36. The third-order valence-electron chi connectivity index (χ3n) is 1.90. The average molecular weight is 318 g/mol. The summed E-state index contributed by atoms with van der Waals surface area (Å²) in [5, 5.41) is 3.98. The summed E-state index contributed by atoms with van der Waals surface area (Å²) in [6, 6.07) is 3.63. The number of rotatable bonds is 4. The first-order valence-electron chi connectivity index (χ1n) is 4.59. The Morgan fingerprint density at radius 3 is 2.71 bits per heavy atom. The van der Waals surface area contributed by atoms with E-state index in [0.29, 0.717) is 11.5 Å². The van der Waals surface area contributed by atoms with Crippen molar-refractivity contribution in [2.24, 2.45) is 10.8 Å². The highest BCUT2D eigenvalue weighted by Gasteiger charge is 2.11. The van der Waals surface area contributed by atoms with Crippen LogP contribution in [0.25, 0.3) is 0 Å². The lowest BCUT2D eigenvalue weighted by Crippen LogP contribution is -2.24. The van der Waals surface area contributed by atoms with Crippen LogP contribution in [0.3, 0.4) is 0 Å². The number of methoxy groups -OCH3 is 2. The predicted molar refractivity (Wildman–Crippen MR) is 74.8 cm³/mol. The Morgan fingerprint density at radius 1 is 1.47 bits per heavy atom. The lowest BCUT2D eigenvalue weighted by Gasteiger charge is -2.11. The van der Waals surface area contributed by atoms with Gasteiger partial charge in [0.25, 0.3) is 0 Å². The fourth-order valence-corrected chi connectivity index (χ4v) is 1.67. The van der Waals surface area contributed by atoms with Gasteiger partial charge >= 0.3 is 0 Å². The second kappa shape index (κ2) is 6.41. The van der Waals surface area contributed by atoms with E-state index in [0.717, 1.165) is 10.0 Å². The molecule has 1 rings (SSSR count). The maximum atomic E-state index is 5.27. The molecule has 0 aliphatic rings. The largest absolute Gasteiger partial charge is 0.493 e. The van der Waals surface area contributed by atoms with Crippen molar-refractivity contribution in [3.63, 3.8) is 0 Å². The van der Waals surface area contributed by atoms with E-state index in [2.05, 4.69) is 38.7 Å². The maximum absolute atomic E-state index is 5.27. The number of nitrogens with one attached hydrogen (secondary N) is 1. The van der Waals surface area contributed by atoms with Gasteiger partial charge in [0.05, 0.1) is 26.0 Å². The fourth-order valence-electron chi connectivity index (χ4n) is 1.21. The molecule has 5 nitrogen and oxygen atoms in total. The van der Waals surface area contributed by atoms with Gasteiger partial charge in [-0.25, -0.2) is 0 Å². The Morgan fingerprint density at radius 2 is 2.18 bits per heavy atom. The average Bonchev–Trinajstić information content (AvgIpc) is 2.30. The standard InChI is InChI=1S/C10H12BrN3O2S/c1-15-8-4-3-7(11)6(9(8)16-2)5-13-14-10(12)17/h3-5H,1-2H3,(H3,12,14,17).